The van der Waals surface area contributed by atoms with Crippen LogP contribution in [0.3, 0.4) is 0 Å². The molecule has 2 N–H and O–H groups in total. The molecule has 0 aliphatic carbocycles. The molecule has 3 rings (SSSR count). The number of carbonyl (C=O) groups excluding carboxylic acids is 1. The lowest BCUT2D eigenvalue weighted by molar-refractivity contribution is -0.161. The van der Waals surface area contributed by atoms with Crippen molar-refractivity contribution in [2.75, 3.05) is 44.1 Å². The van der Waals surface area contributed by atoms with Gasteiger partial charge < -0.3 is 29.7 Å². The zero-order chi connectivity index (χ0) is 21.0. The van der Waals surface area contributed by atoms with Crippen LogP contribution in [0.1, 0.15) is 38.2 Å². The van der Waals surface area contributed by atoms with Gasteiger partial charge in [0, 0.05) is 39.2 Å². The molecule has 1 saturated heterocycles. The summed E-state index contributed by atoms with van der Waals surface area (Å²) in [6.07, 6.45) is 4.40. The predicted octanol–water partition coefficient (Wildman–Crippen LogP) is 3.11. The fourth-order valence-corrected chi connectivity index (χ4v) is 3.74. The number of nitrogens with one attached hydrogen (secondary N) is 1. The van der Waals surface area contributed by atoms with Crippen LogP contribution in [-0.4, -0.2) is 61.2 Å². The van der Waals surface area contributed by atoms with E-state index in [1.54, 1.807) is 15.9 Å². The molecule has 2 heterocycles. The summed E-state index contributed by atoms with van der Waals surface area (Å²) < 4.78 is 11.5. The molecular weight excluding hydrogens is 390 g/mol. The van der Waals surface area contributed by atoms with Gasteiger partial charge in [0.1, 0.15) is 5.75 Å². The number of hydrogen-bond donors (Lipinski definition) is 2. The Morgan fingerprint density at radius 3 is 2.86 bits per heavy atom. The van der Waals surface area contributed by atoms with Crippen LogP contribution in [0.2, 0.25) is 0 Å². The van der Waals surface area contributed by atoms with Crippen molar-refractivity contribution in [1.82, 2.24) is 4.90 Å². The van der Waals surface area contributed by atoms with E-state index in [9.17, 15) is 9.90 Å². The summed E-state index contributed by atoms with van der Waals surface area (Å²) in [5.74, 6) is 0.0346. The van der Waals surface area contributed by atoms with E-state index < -0.39 is 0 Å². The normalized spacial score (nSPS) is 22.0. The van der Waals surface area contributed by atoms with E-state index in [0.717, 1.165) is 50.0 Å². The molecule has 2 aliphatic heterocycles. The lowest BCUT2D eigenvalue weighted by Crippen LogP contribution is -2.38. The minimum Gasteiger partial charge on any atom is -0.506 e. The first-order chi connectivity index (χ1) is 13.9. The van der Waals surface area contributed by atoms with Gasteiger partial charge in [-0.3, -0.25) is 4.79 Å². The monoisotopic (exact) mass is 421 g/mol. The number of fused-ring (bicyclic) bond motifs is 1. The highest BCUT2D eigenvalue weighted by Gasteiger charge is 2.29. The first kappa shape index (κ1) is 21.8. The lowest BCUT2D eigenvalue weighted by Gasteiger charge is -2.28. The van der Waals surface area contributed by atoms with E-state index in [2.05, 4.69) is 5.32 Å². The largest absolute Gasteiger partial charge is 0.506 e. The van der Waals surface area contributed by atoms with Crippen LogP contribution in [0, 0.1) is 5.92 Å². The van der Waals surface area contributed by atoms with Crippen molar-refractivity contribution < 1.29 is 19.4 Å². The van der Waals surface area contributed by atoms with Gasteiger partial charge in [-0.15, -0.1) is 0 Å². The first-order valence-corrected chi connectivity index (χ1v) is 10.7. The van der Waals surface area contributed by atoms with Crippen LogP contribution in [0.5, 0.6) is 5.75 Å². The van der Waals surface area contributed by atoms with Crippen LogP contribution >= 0.6 is 12.2 Å². The first-order valence-electron chi connectivity index (χ1n) is 10.3. The fourth-order valence-electron chi connectivity index (χ4n) is 3.63. The summed E-state index contributed by atoms with van der Waals surface area (Å²) in [6, 6.07) is 3.55. The number of nitrogens with zero attached hydrogens (tertiary/aromatic N) is 2. The predicted molar refractivity (Wildman–Crippen MR) is 117 cm³/mol. The maximum atomic E-state index is 13.0. The van der Waals surface area contributed by atoms with Gasteiger partial charge in [0.25, 0.3) is 0 Å². The SMILES string of the molecule is CC1CCc2cc(NC(=S)N(C)C)c(O)cc2N(CCOC2CCCCO2)C1=O. The number of phenolic OH excluding ortho intramolecular Hbond substituents is 1. The third-order valence-corrected chi connectivity index (χ3v) is 5.89. The molecule has 0 aromatic heterocycles. The molecule has 0 saturated carbocycles. The molecule has 1 fully saturated rings. The average molecular weight is 422 g/mol. The number of thiocarbonyl (C=S) groups is 1. The second kappa shape index (κ2) is 9.73. The standard InChI is InChI=1S/C21H31N3O4S/c1-14-7-8-15-12-16(22-21(29)23(2)3)18(25)13-17(15)24(20(14)26)9-11-28-19-6-4-5-10-27-19/h12-14,19,25H,4-11H2,1-3H3,(H,22,29). The number of ether oxygens (including phenoxy) is 2. The number of rotatable bonds is 5. The molecular formula is C21H31N3O4S. The van der Waals surface area contributed by atoms with Crippen molar-refractivity contribution in [3.63, 3.8) is 0 Å². The second-order valence-electron chi connectivity index (χ2n) is 7.92. The van der Waals surface area contributed by atoms with E-state index >= 15 is 0 Å². The third-order valence-electron chi connectivity index (χ3n) is 5.43. The number of benzene rings is 1. The van der Waals surface area contributed by atoms with Crippen LogP contribution in [-0.2, 0) is 20.7 Å². The van der Waals surface area contributed by atoms with Crippen LogP contribution < -0.4 is 10.2 Å². The molecule has 0 bridgehead atoms. The van der Waals surface area contributed by atoms with Crippen LogP contribution in [0.4, 0.5) is 11.4 Å². The highest BCUT2D eigenvalue weighted by molar-refractivity contribution is 7.80. The molecule has 1 amide bonds. The summed E-state index contributed by atoms with van der Waals surface area (Å²) in [6.45, 7) is 3.50. The van der Waals surface area contributed by atoms with Crippen molar-refractivity contribution in [3.8, 4) is 5.75 Å². The van der Waals surface area contributed by atoms with Gasteiger partial charge in [0.2, 0.25) is 5.91 Å². The Labute approximate surface area is 178 Å². The number of hydrogen-bond acceptors (Lipinski definition) is 5. The van der Waals surface area contributed by atoms with Gasteiger partial charge in [-0.2, -0.15) is 0 Å². The lowest BCUT2D eigenvalue weighted by atomic mass is 10.0. The van der Waals surface area contributed by atoms with Crippen molar-refractivity contribution in [2.45, 2.75) is 45.3 Å². The van der Waals surface area contributed by atoms with Crippen LogP contribution in [0.15, 0.2) is 12.1 Å². The van der Waals surface area contributed by atoms with Crippen molar-refractivity contribution in [2.24, 2.45) is 5.92 Å². The van der Waals surface area contributed by atoms with Crippen LogP contribution in [0.25, 0.3) is 0 Å². The number of amides is 1. The number of phenols is 1. The summed E-state index contributed by atoms with van der Waals surface area (Å²) in [4.78, 5) is 16.5. The zero-order valence-electron chi connectivity index (χ0n) is 17.4. The number of carbonyl (C=O) groups is 1. The zero-order valence-corrected chi connectivity index (χ0v) is 18.3. The third kappa shape index (κ3) is 5.38. The highest BCUT2D eigenvalue weighted by atomic mass is 32.1. The van der Waals surface area contributed by atoms with E-state index in [0.29, 0.717) is 24.0 Å². The Morgan fingerprint density at radius 2 is 2.17 bits per heavy atom. The fraction of sp³-hybridized carbons (Fsp3) is 0.619. The van der Waals surface area contributed by atoms with Gasteiger partial charge in [-0.1, -0.05) is 6.92 Å². The summed E-state index contributed by atoms with van der Waals surface area (Å²) in [5.41, 5.74) is 2.31. The molecule has 2 aliphatic rings. The van der Waals surface area contributed by atoms with E-state index in [1.165, 1.54) is 0 Å². The van der Waals surface area contributed by atoms with Gasteiger partial charge in [0.05, 0.1) is 18.0 Å². The molecule has 2 atom stereocenters. The topological polar surface area (TPSA) is 74.3 Å². The summed E-state index contributed by atoms with van der Waals surface area (Å²) in [7, 11) is 3.68. The molecule has 0 radical (unpaired) electrons. The quantitative estimate of drug-likeness (QED) is 0.559. The Hall–Kier alpha value is -1.90. The second-order valence-corrected chi connectivity index (χ2v) is 8.31. The minimum absolute atomic E-state index is 0.0563. The smallest absolute Gasteiger partial charge is 0.229 e. The molecule has 1 aromatic carbocycles. The maximum absolute atomic E-state index is 13.0. The Balaban J connectivity index is 1.78. The van der Waals surface area contributed by atoms with Crippen molar-refractivity contribution >= 4 is 34.6 Å². The molecule has 2 unspecified atom stereocenters. The summed E-state index contributed by atoms with van der Waals surface area (Å²) in [5, 5.41) is 14.1. The number of aromatic hydroxyl groups is 1. The Kier molecular flexibility index (Phi) is 7.32. The minimum atomic E-state index is -0.185. The maximum Gasteiger partial charge on any atom is 0.229 e. The molecule has 160 valence electrons. The molecule has 7 nitrogen and oxygen atoms in total. The Morgan fingerprint density at radius 1 is 1.38 bits per heavy atom. The Bertz CT molecular complexity index is 750. The van der Waals surface area contributed by atoms with Gasteiger partial charge in [-0.25, -0.2) is 0 Å². The molecule has 0 spiro atoms. The van der Waals surface area contributed by atoms with Crippen molar-refractivity contribution in [3.05, 3.63) is 17.7 Å². The summed E-state index contributed by atoms with van der Waals surface area (Å²) >= 11 is 5.29. The van der Waals surface area contributed by atoms with E-state index in [-0.39, 0.29) is 23.9 Å². The van der Waals surface area contributed by atoms with Gasteiger partial charge in [-0.05, 0) is 56.0 Å². The van der Waals surface area contributed by atoms with Crippen molar-refractivity contribution in [1.29, 1.82) is 0 Å². The molecule has 29 heavy (non-hydrogen) atoms. The van der Waals surface area contributed by atoms with Gasteiger partial charge in [0.15, 0.2) is 11.4 Å². The highest BCUT2D eigenvalue weighted by Crippen LogP contribution is 2.37. The number of aryl methyl sites for hydroxylation is 1. The number of anilines is 2. The molecule has 1 aromatic rings. The van der Waals surface area contributed by atoms with Gasteiger partial charge >= 0.3 is 0 Å². The van der Waals surface area contributed by atoms with E-state index in [1.807, 2.05) is 27.1 Å². The van der Waals surface area contributed by atoms with E-state index in [4.69, 9.17) is 21.7 Å². The molecule has 8 heteroatoms. The average Bonchev–Trinajstić information content (AvgIpc) is 2.81.